The minimum atomic E-state index is -1.21. The van der Waals surface area contributed by atoms with Crippen molar-refractivity contribution in [1.82, 2.24) is 0 Å². The Hall–Kier alpha value is -2.15. The second kappa shape index (κ2) is 5.66. The summed E-state index contributed by atoms with van der Waals surface area (Å²) in [7, 11) is 0. The summed E-state index contributed by atoms with van der Waals surface area (Å²) in [5.41, 5.74) is -0.482. The molecule has 0 aromatic heterocycles. The van der Waals surface area contributed by atoms with E-state index in [2.05, 4.69) is 0 Å². The van der Waals surface area contributed by atoms with Crippen molar-refractivity contribution in [3.05, 3.63) is 33.9 Å². The maximum atomic E-state index is 10.9. The van der Waals surface area contributed by atoms with E-state index in [9.17, 15) is 14.9 Å². The first-order chi connectivity index (χ1) is 9.08. The molecular weight excluding hydrogens is 254 g/mol. The molecule has 0 radical (unpaired) electrons. The van der Waals surface area contributed by atoms with E-state index in [0.29, 0.717) is 13.2 Å². The third kappa shape index (κ3) is 3.19. The van der Waals surface area contributed by atoms with Gasteiger partial charge in [-0.05, 0) is 25.0 Å². The summed E-state index contributed by atoms with van der Waals surface area (Å²) >= 11 is 0. The summed E-state index contributed by atoms with van der Waals surface area (Å²) in [4.78, 5) is 21.1. The molecule has 0 amide bonds. The number of benzene rings is 1. The molecule has 1 aromatic carbocycles. The quantitative estimate of drug-likeness (QED) is 0.660. The van der Waals surface area contributed by atoms with Crippen molar-refractivity contribution in [1.29, 1.82) is 0 Å². The van der Waals surface area contributed by atoms with Crippen molar-refractivity contribution in [3.8, 4) is 5.75 Å². The van der Waals surface area contributed by atoms with E-state index in [0.717, 1.165) is 18.9 Å². The lowest BCUT2D eigenvalue weighted by Gasteiger charge is -2.23. The summed E-state index contributed by atoms with van der Waals surface area (Å²) in [5.74, 6) is -1.14. The van der Waals surface area contributed by atoms with Crippen LogP contribution in [0.4, 0.5) is 5.69 Å². The van der Waals surface area contributed by atoms with Gasteiger partial charge in [-0.2, -0.15) is 0 Å². The molecule has 0 saturated carbocycles. The fourth-order valence-electron chi connectivity index (χ4n) is 1.88. The second-order valence-corrected chi connectivity index (χ2v) is 4.20. The lowest BCUT2D eigenvalue weighted by molar-refractivity contribution is -0.386. The Morgan fingerprint density at radius 2 is 2.32 bits per heavy atom. The standard InChI is InChI=1S/C12H13NO6/c14-12(15)8-3-4-11(10(6-8)13(16)17)19-9-2-1-5-18-7-9/h3-4,6,9H,1-2,5,7H2,(H,14,15). The van der Waals surface area contributed by atoms with Gasteiger partial charge in [-0.1, -0.05) is 0 Å². The predicted molar refractivity (Wildman–Crippen MR) is 64.5 cm³/mol. The van der Waals surface area contributed by atoms with Crippen molar-refractivity contribution in [2.75, 3.05) is 13.2 Å². The molecule has 19 heavy (non-hydrogen) atoms. The van der Waals surface area contributed by atoms with Crippen LogP contribution >= 0.6 is 0 Å². The van der Waals surface area contributed by atoms with Crippen LogP contribution in [-0.2, 0) is 4.74 Å². The average molecular weight is 267 g/mol. The Labute approximate surface area is 108 Å². The van der Waals surface area contributed by atoms with Crippen LogP contribution in [0, 0.1) is 10.1 Å². The van der Waals surface area contributed by atoms with Gasteiger partial charge in [0, 0.05) is 12.7 Å². The zero-order chi connectivity index (χ0) is 13.8. The molecule has 1 heterocycles. The fraction of sp³-hybridized carbons (Fsp3) is 0.417. The van der Waals surface area contributed by atoms with Crippen LogP contribution < -0.4 is 4.74 Å². The van der Waals surface area contributed by atoms with E-state index in [-0.39, 0.29) is 23.1 Å². The molecule has 1 saturated heterocycles. The molecule has 1 fully saturated rings. The molecule has 0 bridgehead atoms. The molecule has 2 rings (SSSR count). The van der Waals surface area contributed by atoms with E-state index in [1.807, 2.05) is 0 Å². The van der Waals surface area contributed by atoms with Gasteiger partial charge in [0.1, 0.15) is 6.10 Å². The maximum Gasteiger partial charge on any atom is 0.335 e. The van der Waals surface area contributed by atoms with E-state index in [1.54, 1.807) is 0 Å². The Morgan fingerprint density at radius 3 is 2.89 bits per heavy atom. The molecule has 0 aliphatic carbocycles. The van der Waals surface area contributed by atoms with Crippen LogP contribution in [0.1, 0.15) is 23.2 Å². The molecule has 7 heteroatoms. The first-order valence-electron chi connectivity index (χ1n) is 5.84. The van der Waals surface area contributed by atoms with Crippen LogP contribution in [-0.4, -0.2) is 35.3 Å². The SMILES string of the molecule is O=C(O)c1ccc(OC2CCCOC2)c([N+](=O)[O-])c1. The van der Waals surface area contributed by atoms with Crippen LogP contribution in [0.15, 0.2) is 18.2 Å². The number of aromatic carboxylic acids is 1. The number of ether oxygens (including phenoxy) is 2. The normalized spacial score (nSPS) is 18.8. The summed E-state index contributed by atoms with van der Waals surface area (Å²) in [6.45, 7) is 1.05. The summed E-state index contributed by atoms with van der Waals surface area (Å²) in [6.07, 6.45) is 1.37. The Morgan fingerprint density at radius 1 is 1.53 bits per heavy atom. The summed E-state index contributed by atoms with van der Waals surface area (Å²) in [5, 5.41) is 19.8. The van der Waals surface area contributed by atoms with Crippen molar-refractivity contribution in [3.63, 3.8) is 0 Å². The number of nitro groups is 1. The monoisotopic (exact) mass is 267 g/mol. The fourth-order valence-corrected chi connectivity index (χ4v) is 1.88. The lowest BCUT2D eigenvalue weighted by atomic mass is 10.1. The van der Waals surface area contributed by atoms with Gasteiger partial charge < -0.3 is 14.6 Å². The highest BCUT2D eigenvalue weighted by Crippen LogP contribution is 2.30. The van der Waals surface area contributed by atoms with Crippen LogP contribution in [0.25, 0.3) is 0 Å². The smallest absolute Gasteiger partial charge is 0.335 e. The molecule has 1 aliphatic rings. The predicted octanol–water partition coefficient (Wildman–Crippen LogP) is 1.85. The molecule has 1 aliphatic heterocycles. The van der Waals surface area contributed by atoms with Gasteiger partial charge in [0.15, 0.2) is 5.75 Å². The number of carboxylic acid groups (broad SMARTS) is 1. The number of rotatable bonds is 4. The highest BCUT2D eigenvalue weighted by Gasteiger charge is 2.23. The number of hydrogen-bond acceptors (Lipinski definition) is 5. The minimum Gasteiger partial charge on any atom is -0.481 e. The first-order valence-corrected chi connectivity index (χ1v) is 5.84. The van der Waals surface area contributed by atoms with E-state index < -0.39 is 10.9 Å². The molecule has 7 nitrogen and oxygen atoms in total. The van der Waals surface area contributed by atoms with Crippen molar-refractivity contribution in [2.45, 2.75) is 18.9 Å². The number of carboxylic acids is 1. The molecule has 0 spiro atoms. The lowest BCUT2D eigenvalue weighted by Crippen LogP contribution is -2.28. The second-order valence-electron chi connectivity index (χ2n) is 4.20. The maximum absolute atomic E-state index is 10.9. The topological polar surface area (TPSA) is 98.9 Å². The Bertz CT molecular complexity index is 495. The third-order valence-electron chi connectivity index (χ3n) is 2.81. The number of nitro benzene ring substituents is 1. The van der Waals surface area contributed by atoms with Gasteiger partial charge in [-0.25, -0.2) is 4.79 Å². The number of nitrogens with zero attached hydrogens (tertiary/aromatic N) is 1. The molecule has 1 unspecified atom stereocenters. The average Bonchev–Trinajstić information content (AvgIpc) is 2.39. The van der Waals surface area contributed by atoms with Gasteiger partial charge in [0.2, 0.25) is 0 Å². The largest absolute Gasteiger partial charge is 0.481 e. The van der Waals surface area contributed by atoms with E-state index in [4.69, 9.17) is 14.6 Å². The summed E-state index contributed by atoms with van der Waals surface area (Å²) in [6, 6.07) is 3.60. The molecule has 1 N–H and O–H groups in total. The van der Waals surface area contributed by atoms with Crippen LogP contribution in [0.5, 0.6) is 5.75 Å². The summed E-state index contributed by atoms with van der Waals surface area (Å²) < 4.78 is 10.8. The van der Waals surface area contributed by atoms with E-state index >= 15 is 0 Å². The number of hydrogen-bond donors (Lipinski definition) is 1. The van der Waals surface area contributed by atoms with Gasteiger partial charge in [-0.3, -0.25) is 10.1 Å². The highest BCUT2D eigenvalue weighted by molar-refractivity contribution is 5.88. The van der Waals surface area contributed by atoms with Crippen LogP contribution in [0.3, 0.4) is 0 Å². The molecule has 102 valence electrons. The van der Waals surface area contributed by atoms with Gasteiger partial charge in [0.05, 0.1) is 17.1 Å². The number of carbonyl (C=O) groups is 1. The minimum absolute atomic E-state index is 0.0745. The van der Waals surface area contributed by atoms with Gasteiger partial charge in [-0.15, -0.1) is 0 Å². The molecular formula is C12H13NO6. The zero-order valence-electron chi connectivity index (χ0n) is 10.1. The Kier molecular flexibility index (Phi) is 3.96. The van der Waals surface area contributed by atoms with Gasteiger partial charge >= 0.3 is 11.7 Å². The highest BCUT2D eigenvalue weighted by atomic mass is 16.6. The Balaban J connectivity index is 2.23. The third-order valence-corrected chi connectivity index (χ3v) is 2.81. The van der Waals surface area contributed by atoms with Crippen molar-refractivity contribution >= 4 is 11.7 Å². The van der Waals surface area contributed by atoms with E-state index in [1.165, 1.54) is 12.1 Å². The van der Waals surface area contributed by atoms with Crippen LogP contribution in [0.2, 0.25) is 0 Å². The zero-order valence-corrected chi connectivity index (χ0v) is 10.1. The van der Waals surface area contributed by atoms with Crippen molar-refractivity contribution in [2.24, 2.45) is 0 Å². The first kappa shape index (κ1) is 13.3. The molecule has 1 atom stereocenters. The van der Waals surface area contributed by atoms with Gasteiger partial charge in [0.25, 0.3) is 0 Å². The molecule has 1 aromatic rings. The van der Waals surface area contributed by atoms with Crippen molar-refractivity contribution < 1.29 is 24.3 Å².